The van der Waals surface area contributed by atoms with Gasteiger partial charge in [0, 0.05) is 24.7 Å². The second-order valence-corrected chi connectivity index (χ2v) is 6.73. The number of halogens is 1. The fraction of sp³-hybridized carbons (Fsp3) is 0.381. The molecule has 1 atom stereocenters. The van der Waals surface area contributed by atoms with Crippen LogP contribution in [0.1, 0.15) is 28.8 Å². The first-order valence-electron chi connectivity index (χ1n) is 9.03. The molecule has 0 radical (unpaired) electrons. The SMILES string of the molecule is COC(=O)c1ccc(OC[C@@H](O)CN(Cc2ccccc2F)C2CC2)cc1. The fourth-order valence-electron chi connectivity index (χ4n) is 2.95. The van der Waals surface area contributed by atoms with Gasteiger partial charge in [0.15, 0.2) is 0 Å². The smallest absolute Gasteiger partial charge is 0.337 e. The van der Waals surface area contributed by atoms with Crippen molar-refractivity contribution in [1.82, 2.24) is 4.90 Å². The highest BCUT2D eigenvalue weighted by Crippen LogP contribution is 2.29. The van der Waals surface area contributed by atoms with Gasteiger partial charge in [0.25, 0.3) is 0 Å². The summed E-state index contributed by atoms with van der Waals surface area (Å²) in [5.74, 6) is -0.0665. The lowest BCUT2D eigenvalue weighted by Crippen LogP contribution is -2.37. The Bertz CT molecular complexity index is 761. The monoisotopic (exact) mass is 373 g/mol. The molecule has 27 heavy (non-hydrogen) atoms. The number of carbonyl (C=O) groups excluding carboxylic acids is 1. The van der Waals surface area contributed by atoms with Gasteiger partial charge in [-0.15, -0.1) is 0 Å². The molecule has 0 spiro atoms. The second-order valence-electron chi connectivity index (χ2n) is 6.73. The molecule has 3 rings (SSSR count). The Hall–Kier alpha value is -2.44. The molecule has 144 valence electrons. The van der Waals surface area contributed by atoms with Crippen molar-refractivity contribution < 1.29 is 23.8 Å². The van der Waals surface area contributed by atoms with E-state index in [0.717, 1.165) is 12.8 Å². The Morgan fingerprint density at radius 3 is 2.56 bits per heavy atom. The van der Waals surface area contributed by atoms with Crippen LogP contribution in [-0.2, 0) is 11.3 Å². The number of rotatable bonds is 9. The molecule has 0 saturated heterocycles. The maximum atomic E-state index is 13.9. The summed E-state index contributed by atoms with van der Waals surface area (Å²) in [4.78, 5) is 13.5. The Kier molecular flexibility index (Phi) is 6.42. The van der Waals surface area contributed by atoms with E-state index in [9.17, 15) is 14.3 Å². The molecule has 0 bridgehead atoms. The number of aliphatic hydroxyl groups excluding tert-OH is 1. The van der Waals surface area contributed by atoms with Gasteiger partial charge in [-0.2, -0.15) is 0 Å². The summed E-state index contributed by atoms with van der Waals surface area (Å²) in [6.45, 7) is 1.01. The molecule has 1 saturated carbocycles. The summed E-state index contributed by atoms with van der Waals surface area (Å²) in [5, 5.41) is 10.4. The predicted molar refractivity (Wildman–Crippen MR) is 99.1 cm³/mol. The lowest BCUT2D eigenvalue weighted by atomic mass is 10.2. The molecular formula is C21H24FNO4. The van der Waals surface area contributed by atoms with Crippen LogP contribution in [0.2, 0.25) is 0 Å². The van der Waals surface area contributed by atoms with Crippen molar-refractivity contribution in [2.75, 3.05) is 20.3 Å². The zero-order valence-corrected chi connectivity index (χ0v) is 15.3. The average molecular weight is 373 g/mol. The van der Waals surface area contributed by atoms with Crippen molar-refractivity contribution >= 4 is 5.97 Å². The zero-order valence-electron chi connectivity index (χ0n) is 15.3. The van der Waals surface area contributed by atoms with E-state index in [-0.39, 0.29) is 12.4 Å². The first-order valence-corrected chi connectivity index (χ1v) is 9.03. The van der Waals surface area contributed by atoms with Crippen molar-refractivity contribution in [3.63, 3.8) is 0 Å². The minimum Gasteiger partial charge on any atom is -0.491 e. The summed E-state index contributed by atoms with van der Waals surface area (Å²) >= 11 is 0. The molecule has 0 aromatic heterocycles. The molecule has 1 N–H and O–H groups in total. The summed E-state index contributed by atoms with van der Waals surface area (Å²) in [7, 11) is 1.33. The van der Waals surface area contributed by atoms with Gasteiger partial charge in [0.1, 0.15) is 24.3 Å². The molecule has 0 heterocycles. The Balaban J connectivity index is 1.52. The zero-order chi connectivity index (χ0) is 19.2. The Morgan fingerprint density at radius 2 is 1.93 bits per heavy atom. The number of hydrogen-bond donors (Lipinski definition) is 1. The van der Waals surface area contributed by atoms with E-state index in [1.165, 1.54) is 13.2 Å². The van der Waals surface area contributed by atoms with Crippen LogP contribution in [0.15, 0.2) is 48.5 Å². The number of carbonyl (C=O) groups is 1. The first-order chi connectivity index (χ1) is 13.1. The number of aliphatic hydroxyl groups is 1. The third kappa shape index (κ3) is 5.52. The van der Waals surface area contributed by atoms with E-state index >= 15 is 0 Å². The van der Waals surface area contributed by atoms with Crippen molar-refractivity contribution in [3.8, 4) is 5.75 Å². The Morgan fingerprint density at radius 1 is 1.22 bits per heavy atom. The summed E-state index contributed by atoms with van der Waals surface area (Å²) in [6, 6.07) is 13.7. The van der Waals surface area contributed by atoms with Gasteiger partial charge in [-0.25, -0.2) is 9.18 Å². The van der Waals surface area contributed by atoms with Crippen molar-refractivity contribution in [1.29, 1.82) is 0 Å². The van der Waals surface area contributed by atoms with Crippen LogP contribution < -0.4 is 4.74 Å². The van der Waals surface area contributed by atoms with Gasteiger partial charge >= 0.3 is 5.97 Å². The van der Waals surface area contributed by atoms with Crippen LogP contribution in [0, 0.1) is 5.82 Å². The predicted octanol–water partition coefficient (Wildman–Crippen LogP) is 3.02. The third-order valence-corrected chi connectivity index (χ3v) is 4.56. The average Bonchev–Trinajstić information content (AvgIpc) is 3.52. The maximum Gasteiger partial charge on any atom is 0.337 e. The minimum absolute atomic E-state index is 0.123. The van der Waals surface area contributed by atoms with E-state index in [1.54, 1.807) is 36.4 Å². The van der Waals surface area contributed by atoms with Crippen LogP contribution in [-0.4, -0.2) is 48.4 Å². The normalized spacial score (nSPS) is 14.8. The van der Waals surface area contributed by atoms with Gasteiger partial charge in [-0.3, -0.25) is 4.90 Å². The summed E-state index contributed by atoms with van der Waals surface area (Å²) < 4.78 is 24.2. The molecular weight excluding hydrogens is 349 g/mol. The summed E-state index contributed by atoms with van der Waals surface area (Å²) in [6.07, 6.45) is 1.44. The highest BCUT2D eigenvalue weighted by Gasteiger charge is 2.30. The highest BCUT2D eigenvalue weighted by atomic mass is 19.1. The fourth-order valence-corrected chi connectivity index (χ4v) is 2.95. The number of esters is 1. The quantitative estimate of drug-likeness (QED) is 0.685. The number of benzene rings is 2. The number of nitrogens with zero attached hydrogens (tertiary/aromatic N) is 1. The number of hydrogen-bond acceptors (Lipinski definition) is 5. The van der Waals surface area contributed by atoms with Gasteiger partial charge in [-0.05, 0) is 43.2 Å². The molecule has 1 aliphatic carbocycles. The molecule has 0 aliphatic heterocycles. The van der Waals surface area contributed by atoms with E-state index in [0.29, 0.717) is 36.0 Å². The van der Waals surface area contributed by atoms with Crippen LogP contribution in [0.25, 0.3) is 0 Å². The number of methoxy groups -OCH3 is 1. The van der Waals surface area contributed by atoms with Gasteiger partial charge < -0.3 is 14.6 Å². The molecule has 2 aromatic rings. The van der Waals surface area contributed by atoms with Gasteiger partial charge in [0.05, 0.1) is 12.7 Å². The molecule has 6 heteroatoms. The molecule has 1 fully saturated rings. The van der Waals surface area contributed by atoms with Crippen LogP contribution in [0.3, 0.4) is 0 Å². The summed E-state index contributed by atoms with van der Waals surface area (Å²) in [5.41, 5.74) is 1.08. The lowest BCUT2D eigenvalue weighted by molar-refractivity contribution is 0.0596. The Labute approximate surface area is 158 Å². The molecule has 0 unspecified atom stereocenters. The molecule has 2 aromatic carbocycles. The van der Waals surface area contributed by atoms with Crippen LogP contribution in [0.5, 0.6) is 5.75 Å². The topological polar surface area (TPSA) is 59.0 Å². The van der Waals surface area contributed by atoms with Crippen molar-refractivity contribution in [3.05, 3.63) is 65.5 Å². The van der Waals surface area contributed by atoms with Crippen LogP contribution >= 0.6 is 0 Å². The third-order valence-electron chi connectivity index (χ3n) is 4.56. The molecule has 5 nitrogen and oxygen atoms in total. The van der Waals surface area contributed by atoms with Crippen LogP contribution in [0.4, 0.5) is 4.39 Å². The van der Waals surface area contributed by atoms with E-state index in [1.807, 2.05) is 6.07 Å². The van der Waals surface area contributed by atoms with E-state index < -0.39 is 12.1 Å². The standard InChI is InChI=1S/C21H24FNO4/c1-26-21(25)15-6-10-19(11-7-15)27-14-18(24)13-23(17-8-9-17)12-16-4-2-3-5-20(16)22/h2-7,10-11,17-18,24H,8-9,12-14H2,1H3/t18-/m0/s1. The largest absolute Gasteiger partial charge is 0.491 e. The van der Waals surface area contributed by atoms with Gasteiger partial charge in [-0.1, -0.05) is 18.2 Å². The van der Waals surface area contributed by atoms with Gasteiger partial charge in [0.2, 0.25) is 0 Å². The molecule has 1 aliphatic rings. The van der Waals surface area contributed by atoms with E-state index in [4.69, 9.17) is 4.74 Å². The molecule has 0 amide bonds. The second kappa shape index (κ2) is 8.97. The minimum atomic E-state index is -0.697. The number of ether oxygens (including phenoxy) is 2. The lowest BCUT2D eigenvalue weighted by Gasteiger charge is -2.25. The highest BCUT2D eigenvalue weighted by molar-refractivity contribution is 5.89. The van der Waals surface area contributed by atoms with Crippen molar-refractivity contribution in [2.45, 2.75) is 31.5 Å². The maximum absolute atomic E-state index is 13.9. The van der Waals surface area contributed by atoms with E-state index in [2.05, 4.69) is 9.64 Å². The first kappa shape index (κ1) is 19.3. The van der Waals surface area contributed by atoms with Crippen molar-refractivity contribution in [2.24, 2.45) is 0 Å².